The molecule has 2 aromatic carbocycles. The lowest BCUT2D eigenvalue weighted by Crippen LogP contribution is -2.56. The number of rotatable bonds is 6. The number of hydrogen-bond donors (Lipinski definition) is 1. The Morgan fingerprint density at radius 2 is 1.93 bits per heavy atom. The highest BCUT2D eigenvalue weighted by atomic mass is 16.5. The third-order valence-corrected chi connectivity index (χ3v) is 4.86. The van der Waals surface area contributed by atoms with Crippen LogP contribution in [0.1, 0.15) is 36.2 Å². The van der Waals surface area contributed by atoms with Gasteiger partial charge in [-0.15, -0.1) is 0 Å². The largest absolute Gasteiger partial charge is 0.487 e. The van der Waals surface area contributed by atoms with Gasteiger partial charge in [0.1, 0.15) is 11.9 Å². The summed E-state index contributed by atoms with van der Waals surface area (Å²) < 4.78 is 5.91. The topological polar surface area (TPSA) is 58.6 Å². The van der Waals surface area contributed by atoms with Crippen LogP contribution in [0.25, 0.3) is 0 Å². The van der Waals surface area contributed by atoms with Crippen LogP contribution in [0.3, 0.4) is 0 Å². The van der Waals surface area contributed by atoms with Crippen LogP contribution in [0, 0.1) is 12.8 Å². The van der Waals surface area contributed by atoms with Gasteiger partial charge < -0.3 is 15.0 Å². The molecule has 1 heterocycles. The maximum atomic E-state index is 12.7. The fourth-order valence-electron chi connectivity index (χ4n) is 2.92. The van der Waals surface area contributed by atoms with Gasteiger partial charge in [0.25, 0.3) is 5.91 Å². The Kier molecular flexibility index (Phi) is 5.79. The number of carbonyl (C=O) groups is 2. The molecule has 2 aromatic rings. The summed E-state index contributed by atoms with van der Waals surface area (Å²) in [6.07, 6.45) is 0.796. The Hall–Kier alpha value is -2.82. The molecule has 27 heavy (non-hydrogen) atoms. The zero-order valence-corrected chi connectivity index (χ0v) is 16.1. The molecule has 2 amide bonds. The number of nitrogens with zero attached hydrogens (tertiary/aromatic N) is 1. The quantitative estimate of drug-likeness (QED) is 0.844. The lowest BCUT2D eigenvalue weighted by molar-refractivity contribution is -0.119. The Labute approximate surface area is 160 Å². The predicted molar refractivity (Wildman–Crippen MR) is 106 cm³/mol. The Bertz CT molecular complexity index is 828. The summed E-state index contributed by atoms with van der Waals surface area (Å²) in [5.41, 5.74) is 2.38. The maximum Gasteiger partial charge on any atom is 0.254 e. The number of nitrogens with one attached hydrogen (secondary N) is 1. The van der Waals surface area contributed by atoms with Gasteiger partial charge in [0, 0.05) is 17.2 Å². The first-order valence-corrected chi connectivity index (χ1v) is 9.39. The van der Waals surface area contributed by atoms with Gasteiger partial charge in [0.2, 0.25) is 5.91 Å². The molecule has 1 saturated heterocycles. The maximum absolute atomic E-state index is 12.7. The normalized spacial score (nSPS) is 15.0. The average molecular weight is 366 g/mol. The fourth-order valence-corrected chi connectivity index (χ4v) is 2.92. The van der Waals surface area contributed by atoms with Gasteiger partial charge in [-0.25, -0.2) is 0 Å². The zero-order valence-electron chi connectivity index (χ0n) is 16.1. The van der Waals surface area contributed by atoms with E-state index in [9.17, 15) is 9.59 Å². The monoisotopic (exact) mass is 366 g/mol. The van der Waals surface area contributed by atoms with Gasteiger partial charge >= 0.3 is 0 Å². The van der Waals surface area contributed by atoms with Crippen molar-refractivity contribution in [2.24, 2.45) is 5.92 Å². The van der Waals surface area contributed by atoms with Gasteiger partial charge in [0.15, 0.2) is 0 Å². The highest BCUT2D eigenvalue weighted by molar-refractivity contribution is 5.98. The molecule has 3 rings (SSSR count). The van der Waals surface area contributed by atoms with Gasteiger partial charge in [-0.3, -0.25) is 9.59 Å². The highest BCUT2D eigenvalue weighted by Crippen LogP contribution is 2.22. The molecule has 1 N–H and O–H groups in total. The van der Waals surface area contributed by atoms with Crippen molar-refractivity contribution < 1.29 is 14.3 Å². The van der Waals surface area contributed by atoms with E-state index in [0.29, 0.717) is 24.3 Å². The Morgan fingerprint density at radius 1 is 1.19 bits per heavy atom. The minimum absolute atomic E-state index is 0.0176. The first kappa shape index (κ1) is 19.0. The number of carbonyl (C=O) groups excluding carboxylic acids is 2. The first-order valence-electron chi connectivity index (χ1n) is 9.39. The minimum Gasteiger partial charge on any atom is -0.487 e. The lowest BCUT2D eigenvalue weighted by atomic mass is 10.1. The van der Waals surface area contributed by atoms with E-state index < -0.39 is 0 Å². The van der Waals surface area contributed by atoms with Gasteiger partial charge in [-0.1, -0.05) is 32.0 Å². The number of amides is 2. The SMILES string of the molecule is CCC(C)C(=O)Nc1cccc(C(=O)N2CC(Oc3cccc(C)c3)C2)c1. The van der Waals surface area contributed by atoms with Crippen LogP contribution in [0.5, 0.6) is 5.75 Å². The molecular weight excluding hydrogens is 340 g/mol. The standard InChI is InChI=1S/C22H26N2O3/c1-4-16(3)21(25)23-18-9-6-8-17(12-18)22(26)24-13-20(14-24)27-19-10-5-7-15(2)11-19/h5-12,16,20H,4,13-14H2,1-3H3,(H,23,25). The van der Waals surface area contributed by atoms with Crippen molar-refractivity contribution in [2.75, 3.05) is 18.4 Å². The van der Waals surface area contributed by atoms with Crippen LogP contribution >= 0.6 is 0 Å². The minimum atomic E-state index is -0.0562. The summed E-state index contributed by atoms with van der Waals surface area (Å²) in [7, 11) is 0. The molecule has 5 heteroatoms. The molecule has 0 aromatic heterocycles. The summed E-state index contributed by atoms with van der Waals surface area (Å²) in [6.45, 7) is 7.02. The van der Waals surface area contributed by atoms with Crippen molar-refractivity contribution in [3.63, 3.8) is 0 Å². The molecule has 0 bridgehead atoms. The second kappa shape index (κ2) is 8.25. The summed E-state index contributed by atoms with van der Waals surface area (Å²) >= 11 is 0. The van der Waals surface area contributed by atoms with E-state index in [4.69, 9.17) is 4.74 Å². The summed E-state index contributed by atoms with van der Waals surface area (Å²) in [5, 5.41) is 2.88. The number of likely N-dealkylation sites (tertiary alicyclic amines) is 1. The predicted octanol–water partition coefficient (Wildman–Crippen LogP) is 3.88. The van der Waals surface area contributed by atoms with Crippen molar-refractivity contribution in [3.8, 4) is 5.75 Å². The van der Waals surface area contributed by atoms with E-state index in [1.165, 1.54) is 0 Å². The molecule has 0 saturated carbocycles. The van der Waals surface area contributed by atoms with Crippen molar-refractivity contribution in [1.29, 1.82) is 0 Å². The average Bonchev–Trinajstić information content (AvgIpc) is 2.63. The van der Waals surface area contributed by atoms with Crippen LogP contribution in [0.15, 0.2) is 48.5 Å². The zero-order chi connectivity index (χ0) is 19.4. The number of anilines is 1. The van der Waals surface area contributed by atoms with E-state index in [2.05, 4.69) is 5.32 Å². The van der Waals surface area contributed by atoms with E-state index in [1.807, 2.05) is 45.0 Å². The smallest absolute Gasteiger partial charge is 0.254 e. The molecule has 1 unspecified atom stereocenters. The highest BCUT2D eigenvalue weighted by Gasteiger charge is 2.33. The van der Waals surface area contributed by atoms with E-state index >= 15 is 0 Å². The molecule has 0 spiro atoms. The number of aryl methyl sites for hydroxylation is 1. The van der Waals surface area contributed by atoms with Crippen LogP contribution in [0.4, 0.5) is 5.69 Å². The van der Waals surface area contributed by atoms with Crippen LogP contribution in [-0.4, -0.2) is 35.9 Å². The summed E-state index contributed by atoms with van der Waals surface area (Å²) in [6, 6.07) is 15.0. The third-order valence-electron chi connectivity index (χ3n) is 4.86. The van der Waals surface area contributed by atoms with Crippen LogP contribution in [-0.2, 0) is 4.79 Å². The van der Waals surface area contributed by atoms with Crippen molar-refractivity contribution >= 4 is 17.5 Å². The first-order chi connectivity index (χ1) is 13.0. The van der Waals surface area contributed by atoms with Crippen molar-refractivity contribution in [2.45, 2.75) is 33.3 Å². The third kappa shape index (κ3) is 4.67. The molecule has 0 aliphatic carbocycles. The van der Waals surface area contributed by atoms with Crippen molar-refractivity contribution in [1.82, 2.24) is 4.90 Å². The number of ether oxygens (including phenoxy) is 1. The van der Waals surface area contributed by atoms with Gasteiger partial charge in [-0.2, -0.15) is 0 Å². The summed E-state index contributed by atoms with van der Waals surface area (Å²) in [5.74, 6) is 0.706. The molecular formula is C22H26N2O3. The molecule has 5 nitrogen and oxygen atoms in total. The van der Waals surface area contributed by atoms with Gasteiger partial charge in [-0.05, 0) is 49.2 Å². The van der Waals surface area contributed by atoms with Crippen LogP contribution < -0.4 is 10.1 Å². The molecule has 142 valence electrons. The number of hydrogen-bond acceptors (Lipinski definition) is 3. The van der Waals surface area contributed by atoms with Crippen molar-refractivity contribution in [3.05, 3.63) is 59.7 Å². The van der Waals surface area contributed by atoms with Gasteiger partial charge in [0.05, 0.1) is 13.1 Å². The van der Waals surface area contributed by atoms with Crippen LogP contribution in [0.2, 0.25) is 0 Å². The van der Waals surface area contributed by atoms with E-state index in [-0.39, 0.29) is 23.8 Å². The second-order valence-corrected chi connectivity index (χ2v) is 7.15. The second-order valence-electron chi connectivity index (χ2n) is 7.15. The fraction of sp³-hybridized carbons (Fsp3) is 0.364. The Balaban J connectivity index is 1.56. The summed E-state index contributed by atoms with van der Waals surface area (Å²) in [4.78, 5) is 26.5. The molecule has 1 fully saturated rings. The molecule has 0 radical (unpaired) electrons. The lowest BCUT2D eigenvalue weighted by Gasteiger charge is -2.39. The number of benzene rings is 2. The molecule has 1 aliphatic heterocycles. The van der Waals surface area contributed by atoms with E-state index in [0.717, 1.165) is 17.7 Å². The molecule has 1 aliphatic rings. The Morgan fingerprint density at radius 3 is 2.63 bits per heavy atom. The molecule has 1 atom stereocenters. The van der Waals surface area contributed by atoms with E-state index in [1.54, 1.807) is 29.2 Å².